The van der Waals surface area contributed by atoms with E-state index in [4.69, 9.17) is 5.73 Å². The van der Waals surface area contributed by atoms with Gasteiger partial charge in [-0.25, -0.2) is 4.79 Å². The highest BCUT2D eigenvalue weighted by Crippen LogP contribution is 2.26. The first-order valence-corrected chi connectivity index (χ1v) is 8.63. The van der Waals surface area contributed by atoms with E-state index in [1.807, 2.05) is 38.1 Å². The first-order chi connectivity index (χ1) is 11.4. The van der Waals surface area contributed by atoms with Crippen molar-refractivity contribution in [1.29, 1.82) is 0 Å². The molecular formula is C18H28N4O2. The summed E-state index contributed by atoms with van der Waals surface area (Å²) in [5, 5.41) is 8.47. The van der Waals surface area contributed by atoms with Crippen LogP contribution in [0.3, 0.4) is 0 Å². The van der Waals surface area contributed by atoms with Crippen molar-refractivity contribution in [3.05, 3.63) is 29.8 Å². The molecule has 2 rings (SSSR count). The number of nitrogens with two attached hydrogens (primary N) is 1. The van der Waals surface area contributed by atoms with E-state index in [0.717, 1.165) is 30.5 Å². The Bertz CT molecular complexity index is 557. The molecule has 0 bridgehead atoms. The predicted octanol–water partition coefficient (Wildman–Crippen LogP) is 2.35. The quantitative estimate of drug-likeness (QED) is 0.644. The molecule has 0 spiro atoms. The molecule has 0 heterocycles. The van der Waals surface area contributed by atoms with Gasteiger partial charge in [0.05, 0.1) is 0 Å². The zero-order valence-corrected chi connectivity index (χ0v) is 14.5. The minimum absolute atomic E-state index is 0.0517. The molecular weight excluding hydrogens is 304 g/mol. The number of anilines is 1. The molecule has 6 heteroatoms. The Hall–Kier alpha value is -2.08. The van der Waals surface area contributed by atoms with Crippen LogP contribution in [0.4, 0.5) is 10.5 Å². The van der Waals surface area contributed by atoms with Crippen molar-refractivity contribution in [3.8, 4) is 0 Å². The van der Waals surface area contributed by atoms with Gasteiger partial charge in [-0.15, -0.1) is 0 Å². The van der Waals surface area contributed by atoms with Crippen LogP contribution in [0.15, 0.2) is 24.3 Å². The molecule has 0 radical (unpaired) electrons. The second kappa shape index (κ2) is 8.68. The standard InChI is InChI=1S/C18H28N4O2/c1-12(2)21-18(24)22-15-8-6-13(7-9-15)11-20-17(23)10-14-4-3-5-16(14)19/h6-9,12,14,16H,3-5,10-11,19H2,1-2H3,(H,20,23)(H2,21,22,24)/t14-,16+/m0/s1. The zero-order valence-electron chi connectivity index (χ0n) is 14.5. The maximum absolute atomic E-state index is 12.0. The van der Waals surface area contributed by atoms with Crippen LogP contribution in [0, 0.1) is 5.92 Å². The van der Waals surface area contributed by atoms with Crippen LogP contribution in [-0.4, -0.2) is 24.0 Å². The molecule has 6 nitrogen and oxygen atoms in total. The van der Waals surface area contributed by atoms with E-state index in [1.54, 1.807) is 0 Å². The molecule has 24 heavy (non-hydrogen) atoms. The fourth-order valence-corrected chi connectivity index (χ4v) is 2.97. The Balaban J connectivity index is 1.75. The van der Waals surface area contributed by atoms with Gasteiger partial charge in [0.2, 0.25) is 5.91 Å². The number of rotatable bonds is 6. The molecule has 0 saturated heterocycles. The van der Waals surface area contributed by atoms with E-state index in [9.17, 15) is 9.59 Å². The summed E-state index contributed by atoms with van der Waals surface area (Å²) in [6.07, 6.45) is 3.71. The van der Waals surface area contributed by atoms with E-state index in [0.29, 0.717) is 18.9 Å². The summed E-state index contributed by atoms with van der Waals surface area (Å²) >= 11 is 0. The summed E-state index contributed by atoms with van der Waals surface area (Å²) in [5.74, 6) is 0.368. The third-order valence-corrected chi connectivity index (χ3v) is 4.29. The van der Waals surface area contributed by atoms with Crippen molar-refractivity contribution >= 4 is 17.6 Å². The molecule has 1 aromatic rings. The van der Waals surface area contributed by atoms with Crippen molar-refractivity contribution in [2.24, 2.45) is 11.7 Å². The van der Waals surface area contributed by atoms with Crippen molar-refractivity contribution in [2.75, 3.05) is 5.32 Å². The van der Waals surface area contributed by atoms with Crippen LogP contribution < -0.4 is 21.7 Å². The number of carbonyl (C=O) groups excluding carboxylic acids is 2. The number of carbonyl (C=O) groups is 2. The second-order valence-electron chi connectivity index (χ2n) is 6.79. The largest absolute Gasteiger partial charge is 0.352 e. The first-order valence-electron chi connectivity index (χ1n) is 8.63. The lowest BCUT2D eigenvalue weighted by atomic mass is 10.00. The third kappa shape index (κ3) is 5.85. The number of urea groups is 1. The van der Waals surface area contributed by atoms with Crippen LogP contribution in [0.2, 0.25) is 0 Å². The zero-order chi connectivity index (χ0) is 17.5. The molecule has 132 valence electrons. The van der Waals surface area contributed by atoms with Crippen LogP contribution in [0.1, 0.15) is 45.1 Å². The Morgan fingerprint density at radius 3 is 2.50 bits per heavy atom. The minimum Gasteiger partial charge on any atom is -0.352 e. The molecule has 2 atom stereocenters. The molecule has 3 amide bonds. The van der Waals surface area contributed by atoms with Crippen LogP contribution in [0.25, 0.3) is 0 Å². The van der Waals surface area contributed by atoms with Gasteiger partial charge in [-0.1, -0.05) is 18.6 Å². The minimum atomic E-state index is -0.223. The molecule has 5 N–H and O–H groups in total. The van der Waals surface area contributed by atoms with Gasteiger partial charge in [-0.2, -0.15) is 0 Å². The van der Waals surface area contributed by atoms with Crippen molar-refractivity contribution in [1.82, 2.24) is 10.6 Å². The van der Waals surface area contributed by atoms with E-state index in [-0.39, 0.29) is 24.0 Å². The monoisotopic (exact) mass is 332 g/mol. The molecule has 1 aliphatic carbocycles. The Labute approximate surface area is 143 Å². The molecule has 0 unspecified atom stereocenters. The number of hydrogen-bond acceptors (Lipinski definition) is 3. The summed E-state index contributed by atoms with van der Waals surface area (Å²) in [5.41, 5.74) is 7.72. The van der Waals surface area contributed by atoms with Gasteiger partial charge >= 0.3 is 6.03 Å². The SMILES string of the molecule is CC(C)NC(=O)Nc1ccc(CNC(=O)C[C@@H]2CCC[C@H]2N)cc1. The Morgan fingerprint density at radius 2 is 1.92 bits per heavy atom. The van der Waals surface area contributed by atoms with Gasteiger partial charge in [0, 0.05) is 30.7 Å². The van der Waals surface area contributed by atoms with Gasteiger partial charge in [0.25, 0.3) is 0 Å². The van der Waals surface area contributed by atoms with Gasteiger partial charge in [0.15, 0.2) is 0 Å². The lowest BCUT2D eigenvalue weighted by molar-refractivity contribution is -0.122. The van der Waals surface area contributed by atoms with Gasteiger partial charge in [-0.3, -0.25) is 4.79 Å². The fourth-order valence-electron chi connectivity index (χ4n) is 2.97. The molecule has 0 aliphatic heterocycles. The third-order valence-electron chi connectivity index (χ3n) is 4.29. The summed E-state index contributed by atoms with van der Waals surface area (Å²) < 4.78 is 0. The highest BCUT2D eigenvalue weighted by molar-refractivity contribution is 5.89. The number of amides is 3. The highest BCUT2D eigenvalue weighted by Gasteiger charge is 2.25. The van der Waals surface area contributed by atoms with E-state index >= 15 is 0 Å². The molecule has 1 aliphatic rings. The van der Waals surface area contributed by atoms with E-state index in [2.05, 4.69) is 16.0 Å². The lowest BCUT2D eigenvalue weighted by Gasteiger charge is -2.15. The Kier molecular flexibility index (Phi) is 6.61. The molecule has 1 saturated carbocycles. The van der Waals surface area contributed by atoms with Crippen molar-refractivity contribution < 1.29 is 9.59 Å². The average molecular weight is 332 g/mol. The maximum atomic E-state index is 12.0. The number of benzene rings is 1. The smallest absolute Gasteiger partial charge is 0.319 e. The maximum Gasteiger partial charge on any atom is 0.319 e. The van der Waals surface area contributed by atoms with Crippen molar-refractivity contribution in [3.63, 3.8) is 0 Å². The highest BCUT2D eigenvalue weighted by atomic mass is 16.2. The number of nitrogens with one attached hydrogen (secondary N) is 3. The molecule has 1 aromatic carbocycles. The fraction of sp³-hybridized carbons (Fsp3) is 0.556. The second-order valence-corrected chi connectivity index (χ2v) is 6.79. The average Bonchev–Trinajstić information content (AvgIpc) is 2.91. The van der Waals surface area contributed by atoms with Gasteiger partial charge in [0.1, 0.15) is 0 Å². The van der Waals surface area contributed by atoms with E-state index < -0.39 is 0 Å². The Morgan fingerprint density at radius 1 is 1.21 bits per heavy atom. The van der Waals surface area contributed by atoms with Crippen LogP contribution >= 0.6 is 0 Å². The lowest BCUT2D eigenvalue weighted by Crippen LogP contribution is -2.34. The number of hydrogen-bond donors (Lipinski definition) is 4. The van der Waals surface area contributed by atoms with Crippen LogP contribution in [0.5, 0.6) is 0 Å². The van der Waals surface area contributed by atoms with Crippen molar-refractivity contribution in [2.45, 2.75) is 58.2 Å². The summed E-state index contributed by atoms with van der Waals surface area (Å²) in [7, 11) is 0. The summed E-state index contributed by atoms with van der Waals surface area (Å²) in [6, 6.07) is 7.48. The normalized spacial score (nSPS) is 20.0. The predicted molar refractivity (Wildman–Crippen MR) is 95.5 cm³/mol. The van der Waals surface area contributed by atoms with Gasteiger partial charge in [-0.05, 0) is 50.3 Å². The van der Waals surface area contributed by atoms with E-state index in [1.165, 1.54) is 0 Å². The molecule has 0 aromatic heterocycles. The van der Waals surface area contributed by atoms with Crippen LogP contribution in [-0.2, 0) is 11.3 Å². The first kappa shape index (κ1) is 18.3. The summed E-state index contributed by atoms with van der Waals surface area (Å²) in [6.45, 7) is 4.30. The topological polar surface area (TPSA) is 96.2 Å². The summed E-state index contributed by atoms with van der Waals surface area (Å²) in [4.78, 5) is 23.6. The van der Waals surface area contributed by atoms with Gasteiger partial charge < -0.3 is 21.7 Å². The molecule has 1 fully saturated rings.